The third-order valence-corrected chi connectivity index (χ3v) is 11.2. The second-order valence-corrected chi connectivity index (χ2v) is 14.0. The lowest BCUT2D eigenvalue weighted by Crippen LogP contribution is -2.73. The molecule has 6 rings (SSSR count). The second kappa shape index (κ2) is 13.7. The molecule has 2 N–H and O–H groups in total. The van der Waals surface area contributed by atoms with Crippen molar-refractivity contribution in [3.05, 3.63) is 52.3 Å². The number of aromatic nitrogens is 2. The number of aryl methyl sites for hydroxylation is 2. The summed E-state index contributed by atoms with van der Waals surface area (Å²) in [6, 6.07) is 7.64. The van der Waals surface area contributed by atoms with Gasteiger partial charge in [0.1, 0.15) is 11.6 Å². The van der Waals surface area contributed by atoms with Crippen LogP contribution in [0.1, 0.15) is 123 Å². The Morgan fingerprint density at radius 1 is 0.978 bits per heavy atom. The summed E-state index contributed by atoms with van der Waals surface area (Å²) in [6.45, 7) is 9.91. The third-order valence-electron chi connectivity index (χ3n) is 11.2. The Morgan fingerprint density at radius 2 is 1.67 bits per heavy atom. The van der Waals surface area contributed by atoms with E-state index in [-0.39, 0.29) is 23.8 Å². The summed E-state index contributed by atoms with van der Waals surface area (Å²) in [6.07, 6.45) is 12.1. The fourth-order valence-electron chi connectivity index (χ4n) is 8.51. The van der Waals surface area contributed by atoms with Gasteiger partial charge in [0, 0.05) is 49.5 Å². The number of hydrogen-bond acceptors (Lipinski definition) is 5. The van der Waals surface area contributed by atoms with E-state index in [0.717, 1.165) is 86.1 Å². The molecule has 1 unspecified atom stereocenters. The first-order valence-corrected chi connectivity index (χ1v) is 17.6. The van der Waals surface area contributed by atoms with Gasteiger partial charge in [-0.25, -0.2) is 0 Å². The number of nitrogens with one attached hydrogen (secondary N) is 2. The second-order valence-electron chi connectivity index (χ2n) is 14.0. The van der Waals surface area contributed by atoms with Crippen molar-refractivity contribution in [1.82, 2.24) is 30.2 Å². The van der Waals surface area contributed by atoms with Crippen LogP contribution in [0, 0.1) is 19.8 Å². The molecule has 4 fully saturated rings. The lowest BCUT2D eigenvalue weighted by Gasteiger charge is -2.53. The largest absolute Gasteiger partial charge is 0.342 e. The number of amides is 3. The van der Waals surface area contributed by atoms with Crippen molar-refractivity contribution in [2.24, 2.45) is 5.92 Å². The standard InChI is InChI=1S/C36H52N6O3/c1-4-5-21-42-34(44)30(24-27-11-7-6-8-12-27)37-35(45)36(42)17-22-40(23-18-36)32(31-25(2)38-39-26(31)3)28-13-15-29(16-14-28)33(43)41-19-9-10-20-41/h13-16,27,30,32H,4-12,17-24H2,1-3H3,(H,37,45)(H,38,39)/t30-,32?/m0/s1. The highest BCUT2D eigenvalue weighted by Gasteiger charge is 2.54. The number of likely N-dealkylation sites (tertiary alicyclic amines) is 2. The third kappa shape index (κ3) is 6.29. The van der Waals surface area contributed by atoms with E-state index in [2.05, 4.69) is 46.4 Å². The number of benzene rings is 1. The SMILES string of the molecule is CCCCN1C(=O)[C@H](CC2CCCCC2)NC(=O)C12CCN(C(c1ccc(C(=O)N3CCCC3)cc1)c1c(C)n[nH]c1C)CC2. The van der Waals surface area contributed by atoms with Crippen LogP contribution < -0.4 is 5.32 Å². The fourth-order valence-corrected chi connectivity index (χ4v) is 8.51. The monoisotopic (exact) mass is 616 g/mol. The number of carbonyl (C=O) groups is 3. The molecule has 4 heterocycles. The summed E-state index contributed by atoms with van der Waals surface area (Å²) in [5.74, 6) is 0.790. The van der Waals surface area contributed by atoms with Gasteiger partial charge in [0.2, 0.25) is 11.8 Å². The van der Waals surface area contributed by atoms with E-state index in [1.165, 1.54) is 19.3 Å². The Kier molecular flexibility index (Phi) is 9.64. The quantitative estimate of drug-likeness (QED) is 0.399. The van der Waals surface area contributed by atoms with Crippen LogP contribution in [0.4, 0.5) is 0 Å². The minimum atomic E-state index is -0.803. The summed E-state index contributed by atoms with van der Waals surface area (Å²) >= 11 is 0. The Labute approximate surface area is 268 Å². The van der Waals surface area contributed by atoms with Gasteiger partial charge in [-0.2, -0.15) is 5.10 Å². The van der Waals surface area contributed by atoms with Gasteiger partial charge >= 0.3 is 0 Å². The van der Waals surface area contributed by atoms with Crippen LogP contribution in [0.3, 0.4) is 0 Å². The fraction of sp³-hybridized carbons (Fsp3) is 0.667. The first-order valence-electron chi connectivity index (χ1n) is 17.6. The van der Waals surface area contributed by atoms with Gasteiger partial charge in [-0.05, 0) is 76.0 Å². The highest BCUT2D eigenvalue weighted by molar-refractivity contribution is 6.00. The van der Waals surface area contributed by atoms with Crippen molar-refractivity contribution in [2.45, 2.75) is 115 Å². The molecule has 3 aliphatic heterocycles. The van der Waals surface area contributed by atoms with E-state index >= 15 is 0 Å². The van der Waals surface area contributed by atoms with Crippen molar-refractivity contribution < 1.29 is 14.4 Å². The first kappa shape index (κ1) is 31.8. The summed E-state index contributed by atoms with van der Waals surface area (Å²) in [5.41, 5.74) is 4.15. The molecular weight excluding hydrogens is 564 g/mol. The number of aromatic amines is 1. The lowest BCUT2D eigenvalue weighted by atomic mass is 9.78. The zero-order valence-corrected chi connectivity index (χ0v) is 27.6. The number of hydrogen-bond donors (Lipinski definition) is 2. The highest BCUT2D eigenvalue weighted by Crippen LogP contribution is 2.40. The van der Waals surface area contributed by atoms with Crippen LogP contribution >= 0.6 is 0 Å². The number of unbranched alkanes of at least 4 members (excludes halogenated alkanes) is 1. The van der Waals surface area contributed by atoms with Crippen molar-refractivity contribution in [2.75, 3.05) is 32.7 Å². The molecule has 1 aliphatic carbocycles. The topological polar surface area (TPSA) is 102 Å². The van der Waals surface area contributed by atoms with Crippen molar-refractivity contribution in [3.8, 4) is 0 Å². The predicted molar refractivity (Wildman–Crippen MR) is 175 cm³/mol. The van der Waals surface area contributed by atoms with Crippen LogP contribution in [0.15, 0.2) is 24.3 Å². The minimum Gasteiger partial charge on any atom is -0.342 e. The molecule has 9 heteroatoms. The summed E-state index contributed by atoms with van der Waals surface area (Å²) in [4.78, 5) is 47.6. The van der Waals surface area contributed by atoms with Gasteiger partial charge in [0.15, 0.2) is 0 Å². The number of nitrogens with zero attached hydrogens (tertiary/aromatic N) is 4. The predicted octanol–water partition coefficient (Wildman–Crippen LogP) is 5.28. The average Bonchev–Trinajstić information content (AvgIpc) is 3.72. The Bertz CT molecular complexity index is 1330. The first-order chi connectivity index (χ1) is 21.8. The van der Waals surface area contributed by atoms with Crippen LogP contribution in [-0.2, 0) is 9.59 Å². The molecule has 2 aromatic rings. The van der Waals surface area contributed by atoms with E-state index in [4.69, 9.17) is 0 Å². The van der Waals surface area contributed by atoms with Crippen LogP contribution in [0.2, 0.25) is 0 Å². The molecule has 9 nitrogen and oxygen atoms in total. The van der Waals surface area contributed by atoms with Gasteiger partial charge in [0.25, 0.3) is 5.91 Å². The van der Waals surface area contributed by atoms with E-state index in [1.807, 2.05) is 28.9 Å². The molecule has 45 heavy (non-hydrogen) atoms. The Morgan fingerprint density at radius 3 is 2.29 bits per heavy atom. The van der Waals surface area contributed by atoms with Crippen molar-refractivity contribution in [1.29, 1.82) is 0 Å². The Hall–Kier alpha value is -3.20. The van der Waals surface area contributed by atoms with Gasteiger partial charge in [0.05, 0.1) is 11.7 Å². The van der Waals surface area contributed by atoms with E-state index in [0.29, 0.717) is 38.4 Å². The molecule has 3 amide bonds. The van der Waals surface area contributed by atoms with Crippen LogP contribution in [-0.4, -0.2) is 86.9 Å². The smallest absolute Gasteiger partial charge is 0.253 e. The zero-order chi connectivity index (χ0) is 31.6. The number of H-pyrrole nitrogens is 1. The van der Waals surface area contributed by atoms with Gasteiger partial charge in [-0.3, -0.25) is 24.4 Å². The molecule has 244 valence electrons. The number of rotatable bonds is 9. The molecule has 1 saturated carbocycles. The van der Waals surface area contributed by atoms with E-state index in [9.17, 15) is 14.4 Å². The molecule has 1 aromatic carbocycles. The van der Waals surface area contributed by atoms with E-state index < -0.39 is 11.6 Å². The zero-order valence-electron chi connectivity index (χ0n) is 27.6. The molecule has 4 aliphatic rings. The van der Waals surface area contributed by atoms with Gasteiger partial charge < -0.3 is 15.1 Å². The van der Waals surface area contributed by atoms with Crippen LogP contribution in [0.25, 0.3) is 0 Å². The van der Waals surface area contributed by atoms with Crippen molar-refractivity contribution in [3.63, 3.8) is 0 Å². The number of piperidine rings is 1. The molecule has 1 spiro atoms. The summed E-state index contributed by atoms with van der Waals surface area (Å²) in [7, 11) is 0. The maximum absolute atomic E-state index is 14.1. The number of piperazine rings is 1. The normalized spacial score (nSPS) is 23.5. The van der Waals surface area contributed by atoms with Crippen molar-refractivity contribution >= 4 is 17.7 Å². The molecule has 0 bridgehead atoms. The number of carbonyl (C=O) groups excluding carboxylic acids is 3. The molecule has 2 atom stereocenters. The summed E-state index contributed by atoms with van der Waals surface area (Å²) in [5, 5.41) is 11.0. The molecular formula is C36H52N6O3. The lowest BCUT2D eigenvalue weighted by molar-refractivity contribution is -0.162. The minimum absolute atomic E-state index is 0.0377. The molecule has 3 saturated heterocycles. The van der Waals surface area contributed by atoms with Gasteiger partial charge in [-0.1, -0.05) is 57.6 Å². The Balaban J connectivity index is 1.23. The van der Waals surface area contributed by atoms with Gasteiger partial charge in [-0.15, -0.1) is 0 Å². The summed E-state index contributed by atoms with van der Waals surface area (Å²) < 4.78 is 0. The molecule has 0 radical (unpaired) electrons. The average molecular weight is 617 g/mol. The maximum Gasteiger partial charge on any atom is 0.253 e. The van der Waals surface area contributed by atoms with Crippen LogP contribution in [0.5, 0.6) is 0 Å². The maximum atomic E-state index is 14.1. The van der Waals surface area contributed by atoms with E-state index in [1.54, 1.807) is 0 Å². The molecule has 1 aromatic heterocycles. The highest BCUT2D eigenvalue weighted by atomic mass is 16.2.